The molecule has 1 aromatic carbocycles. The SMILES string of the molecule is O=C1CO[C@H]2CCN(C(=O)N3CCC(COc4ccccc4)CC3)C[C@H]2N1. The molecule has 7 heteroatoms. The van der Waals surface area contributed by atoms with Gasteiger partial charge in [0.15, 0.2) is 0 Å². The number of nitrogens with one attached hydrogen (secondary N) is 1. The molecule has 3 saturated heterocycles. The number of carbonyl (C=O) groups excluding carboxylic acids is 2. The predicted octanol–water partition coefficient (Wildman–Crippen LogP) is 1.49. The molecule has 27 heavy (non-hydrogen) atoms. The van der Waals surface area contributed by atoms with Gasteiger partial charge in [-0.2, -0.15) is 0 Å². The molecule has 3 fully saturated rings. The summed E-state index contributed by atoms with van der Waals surface area (Å²) in [6.07, 6.45) is 2.72. The quantitative estimate of drug-likeness (QED) is 0.871. The van der Waals surface area contributed by atoms with Gasteiger partial charge in [-0.3, -0.25) is 4.79 Å². The minimum Gasteiger partial charge on any atom is -0.493 e. The molecule has 146 valence electrons. The van der Waals surface area contributed by atoms with Crippen LogP contribution in [-0.2, 0) is 9.53 Å². The molecular weight excluding hydrogens is 346 g/mol. The fraction of sp³-hybridized carbons (Fsp3) is 0.600. The van der Waals surface area contributed by atoms with Crippen LogP contribution in [0.15, 0.2) is 30.3 Å². The van der Waals surface area contributed by atoms with Crippen LogP contribution >= 0.6 is 0 Å². The molecule has 4 rings (SSSR count). The number of hydrogen-bond donors (Lipinski definition) is 1. The first-order valence-electron chi connectivity index (χ1n) is 9.82. The standard InChI is InChI=1S/C20H27N3O4/c24-19-14-27-18-8-11-23(12-17(18)21-19)20(25)22-9-6-15(7-10-22)13-26-16-4-2-1-3-5-16/h1-5,15,17-18H,6-14H2,(H,21,24)/t17-,18+/m1/s1. The highest BCUT2D eigenvalue weighted by molar-refractivity contribution is 5.79. The van der Waals surface area contributed by atoms with Gasteiger partial charge in [-0.1, -0.05) is 18.2 Å². The molecule has 3 amide bonds. The van der Waals surface area contributed by atoms with E-state index in [-0.39, 0.29) is 30.7 Å². The highest BCUT2D eigenvalue weighted by Gasteiger charge is 2.37. The smallest absolute Gasteiger partial charge is 0.320 e. The maximum Gasteiger partial charge on any atom is 0.320 e. The summed E-state index contributed by atoms with van der Waals surface area (Å²) in [5.74, 6) is 1.28. The summed E-state index contributed by atoms with van der Waals surface area (Å²) in [4.78, 5) is 28.2. The van der Waals surface area contributed by atoms with Crippen LogP contribution in [0.4, 0.5) is 4.79 Å². The Morgan fingerprint density at radius 2 is 1.85 bits per heavy atom. The van der Waals surface area contributed by atoms with Crippen molar-refractivity contribution in [3.05, 3.63) is 30.3 Å². The lowest BCUT2D eigenvalue weighted by atomic mass is 9.97. The van der Waals surface area contributed by atoms with Crippen molar-refractivity contribution < 1.29 is 19.1 Å². The van der Waals surface area contributed by atoms with E-state index in [1.54, 1.807) is 0 Å². The molecular formula is C20H27N3O4. The molecule has 0 spiro atoms. The number of nitrogens with zero attached hydrogens (tertiary/aromatic N) is 2. The summed E-state index contributed by atoms with van der Waals surface area (Å²) in [6.45, 7) is 3.57. The Balaban J connectivity index is 1.23. The number of urea groups is 1. The Kier molecular flexibility index (Phi) is 5.48. The average molecular weight is 373 g/mol. The summed E-state index contributed by atoms with van der Waals surface area (Å²) < 4.78 is 11.4. The summed E-state index contributed by atoms with van der Waals surface area (Å²) in [5, 5.41) is 2.95. The van der Waals surface area contributed by atoms with Gasteiger partial charge in [0.1, 0.15) is 12.4 Å². The number of para-hydroxylation sites is 1. The third-order valence-corrected chi connectivity index (χ3v) is 5.71. The zero-order valence-electron chi connectivity index (χ0n) is 15.5. The number of piperidine rings is 2. The van der Waals surface area contributed by atoms with Crippen LogP contribution in [0.2, 0.25) is 0 Å². The normalized spacial score (nSPS) is 26.3. The lowest BCUT2D eigenvalue weighted by Gasteiger charge is -2.43. The predicted molar refractivity (Wildman–Crippen MR) is 99.5 cm³/mol. The highest BCUT2D eigenvalue weighted by atomic mass is 16.5. The van der Waals surface area contributed by atoms with Crippen molar-refractivity contribution in [3.63, 3.8) is 0 Å². The van der Waals surface area contributed by atoms with Gasteiger partial charge in [0.2, 0.25) is 5.91 Å². The van der Waals surface area contributed by atoms with Crippen molar-refractivity contribution >= 4 is 11.9 Å². The van der Waals surface area contributed by atoms with E-state index >= 15 is 0 Å². The third kappa shape index (κ3) is 4.35. The zero-order valence-corrected chi connectivity index (χ0v) is 15.5. The van der Waals surface area contributed by atoms with Crippen molar-refractivity contribution in [1.82, 2.24) is 15.1 Å². The average Bonchev–Trinajstić information content (AvgIpc) is 2.72. The van der Waals surface area contributed by atoms with E-state index in [0.717, 1.165) is 38.1 Å². The van der Waals surface area contributed by atoms with Crippen molar-refractivity contribution in [2.45, 2.75) is 31.4 Å². The molecule has 0 unspecified atom stereocenters. The van der Waals surface area contributed by atoms with Crippen LogP contribution < -0.4 is 10.1 Å². The monoisotopic (exact) mass is 373 g/mol. The van der Waals surface area contributed by atoms with Crippen LogP contribution in [0.25, 0.3) is 0 Å². The van der Waals surface area contributed by atoms with E-state index in [4.69, 9.17) is 9.47 Å². The molecule has 3 heterocycles. The van der Waals surface area contributed by atoms with Gasteiger partial charge >= 0.3 is 6.03 Å². The molecule has 1 aromatic rings. The van der Waals surface area contributed by atoms with Crippen molar-refractivity contribution in [2.75, 3.05) is 39.4 Å². The van der Waals surface area contributed by atoms with Crippen LogP contribution in [0.5, 0.6) is 5.75 Å². The van der Waals surface area contributed by atoms with Gasteiger partial charge < -0.3 is 24.6 Å². The van der Waals surface area contributed by atoms with Gasteiger partial charge in [0.25, 0.3) is 0 Å². The fourth-order valence-corrected chi connectivity index (χ4v) is 4.10. The Hall–Kier alpha value is -2.28. The first-order valence-corrected chi connectivity index (χ1v) is 9.82. The highest BCUT2D eigenvalue weighted by Crippen LogP contribution is 2.23. The first kappa shape index (κ1) is 18.1. The largest absolute Gasteiger partial charge is 0.493 e. The van der Waals surface area contributed by atoms with Crippen molar-refractivity contribution in [3.8, 4) is 5.75 Å². The molecule has 0 aliphatic carbocycles. The molecule has 0 aromatic heterocycles. The summed E-state index contributed by atoms with van der Waals surface area (Å²) in [6, 6.07) is 9.85. The number of fused-ring (bicyclic) bond motifs is 1. The van der Waals surface area contributed by atoms with Crippen LogP contribution in [0, 0.1) is 5.92 Å². The molecule has 0 bridgehead atoms. The van der Waals surface area contributed by atoms with E-state index in [1.807, 2.05) is 40.1 Å². The topological polar surface area (TPSA) is 71.1 Å². The second-order valence-corrected chi connectivity index (χ2v) is 7.60. The second kappa shape index (κ2) is 8.17. The fourth-order valence-electron chi connectivity index (χ4n) is 4.10. The van der Waals surface area contributed by atoms with E-state index in [9.17, 15) is 9.59 Å². The number of hydrogen-bond acceptors (Lipinski definition) is 4. The van der Waals surface area contributed by atoms with Gasteiger partial charge in [-0.25, -0.2) is 4.79 Å². The van der Waals surface area contributed by atoms with Crippen molar-refractivity contribution in [1.29, 1.82) is 0 Å². The molecule has 1 N–H and O–H groups in total. The number of rotatable bonds is 3. The van der Waals surface area contributed by atoms with Gasteiger partial charge in [-0.15, -0.1) is 0 Å². The summed E-state index contributed by atoms with van der Waals surface area (Å²) in [7, 11) is 0. The number of amides is 3. The van der Waals surface area contributed by atoms with E-state index < -0.39 is 0 Å². The Bertz CT molecular complexity index is 660. The number of ether oxygens (including phenoxy) is 2. The number of morpholine rings is 1. The molecule has 2 atom stereocenters. The molecule has 3 aliphatic heterocycles. The zero-order chi connectivity index (χ0) is 18.6. The summed E-state index contributed by atoms with van der Waals surface area (Å²) in [5.41, 5.74) is 0. The Morgan fingerprint density at radius 3 is 2.63 bits per heavy atom. The Labute approximate surface area is 159 Å². The summed E-state index contributed by atoms with van der Waals surface area (Å²) >= 11 is 0. The van der Waals surface area contributed by atoms with Gasteiger partial charge in [-0.05, 0) is 37.3 Å². The minimum atomic E-state index is -0.0928. The van der Waals surface area contributed by atoms with E-state index in [1.165, 1.54) is 0 Å². The lowest BCUT2D eigenvalue weighted by Crippen LogP contribution is -2.62. The molecule has 3 aliphatic rings. The molecule has 0 saturated carbocycles. The molecule has 7 nitrogen and oxygen atoms in total. The number of likely N-dealkylation sites (tertiary alicyclic amines) is 2. The van der Waals surface area contributed by atoms with E-state index in [2.05, 4.69) is 5.32 Å². The van der Waals surface area contributed by atoms with Gasteiger partial charge in [0.05, 0.1) is 18.8 Å². The van der Waals surface area contributed by atoms with Crippen molar-refractivity contribution in [2.24, 2.45) is 5.92 Å². The number of benzene rings is 1. The minimum absolute atomic E-state index is 0.0348. The maximum absolute atomic E-state index is 12.9. The first-order chi connectivity index (χ1) is 13.2. The van der Waals surface area contributed by atoms with Gasteiger partial charge in [0, 0.05) is 26.2 Å². The molecule has 0 radical (unpaired) electrons. The lowest BCUT2D eigenvalue weighted by molar-refractivity contribution is -0.139. The maximum atomic E-state index is 12.9. The Morgan fingerprint density at radius 1 is 1.11 bits per heavy atom. The third-order valence-electron chi connectivity index (χ3n) is 5.71. The van der Waals surface area contributed by atoms with E-state index in [0.29, 0.717) is 25.6 Å². The van der Waals surface area contributed by atoms with Crippen LogP contribution in [0.3, 0.4) is 0 Å². The second-order valence-electron chi connectivity index (χ2n) is 7.60. The van der Waals surface area contributed by atoms with Crippen LogP contribution in [-0.4, -0.2) is 73.3 Å². The van der Waals surface area contributed by atoms with Crippen LogP contribution in [0.1, 0.15) is 19.3 Å². The number of carbonyl (C=O) groups is 2.